The molecule has 5 nitrogen and oxygen atoms in total. The number of para-hydroxylation sites is 2. The Morgan fingerprint density at radius 2 is 1.88 bits per heavy atom. The number of halogens is 2. The maximum atomic E-state index is 13.9. The van der Waals surface area contributed by atoms with E-state index in [9.17, 15) is 13.6 Å². The molecule has 1 heterocycles. The second kappa shape index (κ2) is 9.78. The van der Waals surface area contributed by atoms with Gasteiger partial charge in [0.2, 0.25) is 5.91 Å². The second-order valence-corrected chi connectivity index (χ2v) is 7.62. The van der Waals surface area contributed by atoms with Crippen LogP contribution in [0.1, 0.15) is 22.8 Å². The van der Waals surface area contributed by atoms with E-state index in [2.05, 4.69) is 5.32 Å². The van der Waals surface area contributed by atoms with E-state index >= 15 is 0 Å². The maximum absolute atomic E-state index is 13.9. The first kappa shape index (κ1) is 21.8. The fourth-order valence-electron chi connectivity index (χ4n) is 3.83. The van der Waals surface area contributed by atoms with Gasteiger partial charge in [-0.2, -0.15) is 0 Å². The van der Waals surface area contributed by atoms with Gasteiger partial charge in [0.25, 0.3) is 0 Å². The maximum Gasteiger partial charge on any atom is 0.234 e. The zero-order valence-electron chi connectivity index (χ0n) is 17.7. The van der Waals surface area contributed by atoms with Gasteiger partial charge in [-0.1, -0.05) is 48.5 Å². The van der Waals surface area contributed by atoms with E-state index in [1.165, 1.54) is 12.1 Å². The van der Waals surface area contributed by atoms with Gasteiger partial charge in [0.05, 0.1) is 13.7 Å². The standard InChI is InChI=1S/C25H24F2N2O3/c1-31-22-12-5-3-9-19(22)23-15-29(14-18-7-2-4-11-21(18)32-23)16-24(30)28-13-17-8-6-10-20(26)25(17)27/h2-12,23H,13-16H2,1H3,(H,28,30). The number of nitrogens with zero attached hydrogens (tertiary/aromatic N) is 1. The number of carbonyl (C=O) groups is 1. The van der Waals surface area contributed by atoms with Crippen molar-refractivity contribution in [1.82, 2.24) is 10.2 Å². The van der Waals surface area contributed by atoms with E-state index in [1.54, 1.807) is 7.11 Å². The molecule has 0 saturated carbocycles. The third kappa shape index (κ3) is 4.89. The zero-order valence-corrected chi connectivity index (χ0v) is 17.7. The van der Waals surface area contributed by atoms with Crippen LogP contribution in [-0.4, -0.2) is 31.0 Å². The number of amides is 1. The highest BCUT2D eigenvalue weighted by Crippen LogP contribution is 2.34. The number of methoxy groups -OCH3 is 1. The summed E-state index contributed by atoms with van der Waals surface area (Å²) in [7, 11) is 1.61. The number of carbonyl (C=O) groups excluding carboxylic acids is 1. The molecule has 4 rings (SSSR count). The average molecular weight is 438 g/mol. The lowest BCUT2D eigenvalue weighted by molar-refractivity contribution is -0.122. The molecule has 0 bridgehead atoms. The van der Waals surface area contributed by atoms with E-state index in [1.807, 2.05) is 53.4 Å². The van der Waals surface area contributed by atoms with Gasteiger partial charge in [-0.3, -0.25) is 9.69 Å². The lowest BCUT2D eigenvalue weighted by Gasteiger charge is -2.24. The minimum absolute atomic E-state index is 0.0836. The van der Waals surface area contributed by atoms with Crippen molar-refractivity contribution in [2.75, 3.05) is 20.2 Å². The Balaban J connectivity index is 1.51. The number of rotatable bonds is 6. The Labute approximate surface area is 185 Å². The van der Waals surface area contributed by atoms with Crippen molar-refractivity contribution in [3.8, 4) is 11.5 Å². The molecule has 1 unspecified atom stereocenters. The van der Waals surface area contributed by atoms with Crippen LogP contribution in [0.25, 0.3) is 0 Å². The van der Waals surface area contributed by atoms with Crippen LogP contribution in [0.3, 0.4) is 0 Å². The van der Waals surface area contributed by atoms with Crippen molar-refractivity contribution in [3.63, 3.8) is 0 Å². The summed E-state index contributed by atoms with van der Waals surface area (Å²) in [6, 6.07) is 19.3. The van der Waals surface area contributed by atoms with Gasteiger partial charge in [0.15, 0.2) is 11.6 Å². The number of hydrogen-bond acceptors (Lipinski definition) is 4. The monoisotopic (exact) mass is 438 g/mol. The summed E-state index contributed by atoms with van der Waals surface area (Å²) in [6.45, 7) is 0.972. The number of nitrogens with one attached hydrogen (secondary N) is 1. The fourth-order valence-corrected chi connectivity index (χ4v) is 3.83. The predicted molar refractivity (Wildman–Crippen MR) is 116 cm³/mol. The summed E-state index contributed by atoms with van der Waals surface area (Å²) in [5.74, 6) is -0.693. The molecule has 0 saturated heterocycles. The highest BCUT2D eigenvalue weighted by molar-refractivity contribution is 5.78. The Morgan fingerprint density at radius 1 is 1.09 bits per heavy atom. The van der Waals surface area contributed by atoms with E-state index in [0.717, 1.165) is 22.9 Å². The first-order chi connectivity index (χ1) is 15.5. The fraction of sp³-hybridized carbons (Fsp3) is 0.240. The van der Waals surface area contributed by atoms with Gasteiger partial charge in [-0.15, -0.1) is 0 Å². The third-order valence-corrected chi connectivity index (χ3v) is 5.42. The summed E-state index contributed by atoms with van der Waals surface area (Å²) in [5.41, 5.74) is 1.96. The van der Waals surface area contributed by atoms with Crippen LogP contribution in [0.15, 0.2) is 66.7 Å². The summed E-state index contributed by atoms with van der Waals surface area (Å²) < 4.78 is 39.1. The number of hydrogen-bond donors (Lipinski definition) is 1. The molecule has 0 fully saturated rings. The van der Waals surface area contributed by atoms with Crippen molar-refractivity contribution in [3.05, 3.63) is 95.1 Å². The zero-order chi connectivity index (χ0) is 22.5. The number of ether oxygens (including phenoxy) is 2. The molecule has 1 aliphatic heterocycles. The van der Waals surface area contributed by atoms with Crippen molar-refractivity contribution >= 4 is 5.91 Å². The van der Waals surface area contributed by atoms with Crippen molar-refractivity contribution < 1.29 is 23.0 Å². The summed E-state index contributed by atoms with van der Waals surface area (Å²) in [4.78, 5) is 14.6. The van der Waals surface area contributed by atoms with Crippen LogP contribution >= 0.6 is 0 Å². The van der Waals surface area contributed by atoms with Gasteiger partial charge >= 0.3 is 0 Å². The molecular formula is C25H24F2N2O3. The topological polar surface area (TPSA) is 50.8 Å². The van der Waals surface area contributed by atoms with E-state index in [4.69, 9.17) is 9.47 Å². The molecule has 0 aliphatic carbocycles. The van der Waals surface area contributed by atoms with Crippen molar-refractivity contribution in [2.45, 2.75) is 19.2 Å². The van der Waals surface area contributed by atoms with Crippen molar-refractivity contribution in [2.24, 2.45) is 0 Å². The highest BCUT2D eigenvalue weighted by Gasteiger charge is 2.27. The molecule has 0 spiro atoms. The van der Waals surface area contributed by atoms with Crippen LogP contribution in [0.5, 0.6) is 11.5 Å². The Kier molecular flexibility index (Phi) is 6.66. The summed E-state index contributed by atoms with van der Waals surface area (Å²) >= 11 is 0. The first-order valence-electron chi connectivity index (χ1n) is 10.3. The highest BCUT2D eigenvalue weighted by atomic mass is 19.2. The smallest absolute Gasteiger partial charge is 0.234 e. The molecule has 1 atom stereocenters. The predicted octanol–water partition coefficient (Wildman–Crippen LogP) is 4.23. The van der Waals surface area contributed by atoms with E-state index < -0.39 is 11.6 Å². The SMILES string of the molecule is COc1ccccc1C1CN(CC(=O)NCc2cccc(F)c2F)Cc2ccccc2O1. The normalized spacial score (nSPS) is 15.9. The Morgan fingerprint density at radius 3 is 2.72 bits per heavy atom. The van der Waals surface area contributed by atoms with Crippen LogP contribution < -0.4 is 14.8 Å². The first-order valence-corrected chi connectivity index (χ1v) is 10.3. The molecule has 1 amide bonds. The second-order valence-electron chi connectivity index (χ2n) is 7.62. The minimum atomic E-state index is -0.943. The van der Waals surface area contributed by atoms with Gasteiger partial charge < -0.3 is 14.8 Å². The average Bonchev–Trinajstić information content (AvgIpc) is 2.99. The minimum Gasteiger partial charge on any atom is -0.496 e. The van der Waals surface area contributed by atoms with Gasteiger partial charge in [-0.05, 0) is 18.2 Å². The van der Waals surface area contributed by atoms with Crippen LogP contribution in [0, 0.1) is 11.6 Å². The van der Waals surface area contributed by atoms with Crippen molar-refractivity contribution in [1.29, 1.82) is 0 Å². The summed E-state index contributed by atoms with van der Waals surface area (Å²) in [5, 5.41) is 2.68. The lowest BCUT2D eigenvalue weighted by atomic mass is 10.1. The van der Waals surface area contributed by atoms with Crippen LogP contribution in [-0.2, 0) is 17.9 Å². The Hall–Kier alpha value is -3.45. The van der Waals surface area contributed by atoms with Crippen LogP contribution in [0.4, 0.5) is 8.78 Å². The van der Waals surface area contributed by atoms with Gasteiger partial charge in [-0.25, -0.2) is 8.78 Å². The largest absolute Gasteiger partial charge is 0.496 e. The summed E-state index contributed by atoms with van der Waals surface area (Å²) in [6.07, 6.45) is -0.344. The third-order valence-electron chi connectivity index (χ3n) is 5.42. The van der Waals surface area contributed by atoms with Gasteiger partial charge in [0, 0.05) is 36.3 Å². The van der Waals surface area contributed by atoms with Gasteiger partial charge in [0.1, 0.15) is 17.6 Å². The molecule has 166 valence electrons. The number of fused-ring (bicyclic) bond motifs is 1. The molecule has 32 heavy (non-hydrogen) atoms. The molecule has 1 aliphatic rings. The molecule has 3 aromatic rings. The lowest BCUT2D eigenvalue weighted by Crippen LogP contribution is -2.38. The molecule has 7 heteroatoms. The van der Waals surface area contributed by atoms with E-state index in [0.29, 0.717) is 18.8 Å². The van der Waals surface area contributed by atoms with E-state index in [-0.39, 0.29) is 30.7 Å². The molecule has 1 N–H and O–H groups in total. The Bertz CT molecular complexity index is 1110. The molecule has 3 aromatic carbocycles. The molecule has 0 radical (unpaired) electrons. The van der Waals surface area contributed by atoms with Crippen LogP contribution in [0.2, 0.25) is 0 Å². The number of benzene rings is 3. The quantitative estimate of drug-likeness (QED) is 0.626. The molecule has 0 aromatic heterocycles. The molecular weight excluding hydrogens is 414 g/mol.